The van der Waals surface area contributed by atoms with Crippen molar-refractivity contribution in [3.8, 4) is 0 Å². The molecular weight excluding hydrogens is 376 g/mol. The Kier molecular flexibility index (Phi) is 6.42. The summed E-state index contributed by atoms with van der Waals surface area (Å²) in [6.45, 7) is 4.26. The molecule has 0 bridgehead atoms. The molecule has 0 aliphatic carbocycles. The lowest BCUT2D eigenvalue weighted by atomic mass is 9.95. The van der Waals surface area contributed by atoms with E-state index in [1.165, 1.54) is 23.7 Å². The number of rotatable bonds is 6. The molecule has 2 aliphatic rings. The average molecular weight is 405 g/mol. The van der Waals surface area contributed by atoms with Gasteiger partial charge in [-0.3, -0.25) is 25.1 Å². The first-order chi connectivity index (χ1) is 13.3. The molecule has 152 valence electrons. The molecule has 1 aromatic rings. The van der Waals surface area contributed by atoms with Crippen LogP contribution in [0.3, 0.4) is 0 Å². The number of benzene rings is 1. The molecule has 2 fully saturated rings. The molecule has 28 heavy (non-hydrogen) atoms. The van der Waals surface area contributed by atoms with Crippen LogP contribution in [0.25, 0.3) is 0 Å². The third-order valence-corrected chi connectivity index (χ3v) is 6.44. The smallest absolute Gasteiger partial charge is 0.311 e. The number of imide groups is 1. The lowest BCUT2D eigenvalue weighted by Crippen LogP contribution is -2.74. The number of hydrogen-bond donors (Lipinski definition) is 2. The molecule has 2 heterocycles. The van der Waals surface area contributed by atoms with Crippen LogP contribution in [0.2, 0.25) is 0 Å². The Bertz CT molecular complexity index is 742. The minimum Gasteiger partial charge on any atom is -0.311 e. The van der Waals surface area contributed by atoms with Gasteiger partial charge in [0.15, 0.2) is 5.78 Å². The van der Waals surface area contributed by atoms with Gasteiger partial charge in [-0.2, -0.15) is 0 Å². The number of carbonyl (C=O) groups excluding carboxylic acids is 3. The van der Waals surface area contributed by atoms with Crippen molar-refractivity contribution in [3.05, 3.63) is 35.9 Å². The lowest BCUT2D eigenvalue weighted by molar-refractivity contribution is -0.140. The number of hydrogen-bond acceptors (Lipinski definition) is 6. The molecule has 2 saturated heterocycles. The topological polar surface area (TPSA) is 81.8 Å². The summed E-state index contributed by atoms with van der Waals surface area (Å²) < 4.78 is 0. The summed E-state index contributed by atoms with van der Waals surface area (Å²) in [5.41, 5.74) is 0.665. The van der Waals surface area contributed by atoms with Crippen LogP contribution in [-0.4, -0.2) is 65.1 Å². The first kappa shape index (κ1) is 20.8. The van der Waals surface area contributed by atoms with Crippen LogP contribution in [0.15, 0.2) is 30.3 Å². The third kappa shape index (κ3) is 4.24. The van der Waals surface area contributed by atoms with E-state index in [1.807, 2.05) is 18.2 Å². The summed E-state index contributed by atoms with van der Waals surface area (Å²) in [6, 6.07) is 8.85. The summed E-state index contributed by atoms with van der Waals surface area (Å²) >= 11 is 1.44. The fourth-order valence-corrected chi connectivity index (χ4v) is 4.98. The van der Waals surface area contributed by atoms with E-state index in [0.29, 0.717) is 11.5 Å². The van der Waals surface area contributed by atoms with Crippen molar-refractivity contribution >= 4 is 29.5 Å². The minimum atomic E-state index is -0.454. The molecule has 3 rings (SSSR count). The van der Waals surface area contributed by atoms with Crippen LogP contribution in [-0.2, 0) is 4.79 Å². The van der Waals surface area contributed by atoms with Gasteiger partial charge in [0.25, 0.3) is 0 Å². The van der Waals surface area contributed by atoms with Crippen LogP contribution in [0.1, 0.15) is 30.6 Å². The average Bonchev–Trinajstić information content (AvgIpc) is 2.68. The van der Waals surface area contributed by atoms with E-state index in [1.54, 1.807) is 24.1 Å². The Morgan fingerprint density at radius 2 is 1.82 bits per heavy atom. The van der Waals surface area contributed by atoms with E-state index >= 15 is 0 Å². The van der Waals surface area contributed by atoms with Gasteiger partial charge in [-0.15, -0.1) is 11.8 Å². The van der Waals surface area contributed by atoms with E-state index in [2.05, 4.69) is 24.5 Å². The van der Waals surface area contributed by atoms with E-state index < -0.39 is 5.92 Å². The van der Waals surface area contributed by atoms with Crippen molar-refractivity contribution in [1.82, 2.24) is 20.4 Å². The monoisotopic (exact) mass is 404 g/mol. The number of thioether (sulfide) groups is 1. The summed E-state index contributed by atoms with van der Waals surface area (Å²) in [5, 5.41) is 6.65. The van der Waals surface area contributed by atoms with Crippen LogP contribution in [0, 0.1) is 11.8 Å². The fourth-order valence-electron chi connectivity index (χ4n) is 3.75. The second-order valence-electron chi connectivity index (χ2n) is 7.80. The van der Waals surface area contributed by atoms with Crippen molar-refractivity contribution in [3.63, 3.8) is 0 Å². The third-order valence-electron chi connectivity index (χ3n) is 5.22. The Balaban J connectivity index is 1.78. The zero-order chi connectivity index (χ0) is 20.4. The van der Waals surface area contributed by atoms with Gasteiger partial charge in [-0.25, -0.2) is 4.79 Å². The number of nitrogens with one attached hydrogen (secondary N) is 2. The number of urea groups is 1. The number of nitrogens with zero attached hydrogens (tertiary/aromatic N) is 2. The standard InChI is InChI=1S/C20H28N4O3S/c1-12(2)10-15-21-17-16(19(26)24(4)20(27)23(17)3)18(22-15)28-11-14(25)13-8-6-5-7-9-13/h5-9,12,15-18,21-22H,10-11H2,1-4H3. The first-order valence-corrected chi connectivity index (χ1v) is 10.6. The molecule has 0 saturated carbocycles. The number of ketones is 1. The highest BCUT2D eigenvalue weighted by Crippen LogP contribution is 2.32. The molecule has 2 N–H and O–H groups in total. The van der Waals surface area contributed by atoms with Gasteiger partial charge in [0, 0.05) is 19.7 Å². The van der Waals surface area contributed by atoms with Crippen LogP contribution in [0.5, 0.6) is 0 Å². The maximum Gasteiger partial charge on any atom is 0.327 e. The highest BCUT2D eigenvalue weighted by molar-refractivity contribution is 8.00. The van der Waals surface area contributed by atoms with Crippen LogP contribution < -0.4 is 10.6 Å². The van der Waals surface area contributed by atoms with Crippen molar-refractivity contribution in [1.29, 1.82) is 0 Å². The van der Waals surface area contributed by atoms with Crippen LogP contribution >= 0.6 is 11.8 Å². The van der Waals surface area contributed by atoms with Crippen LogP contribution in [0.4, 0.5) is 4.79 Å². The zero-order valence-electron chi connectivity index (χ0n) is 16.7. The predicted octanol–water partition coefficient (Wildman–Crippen LogP) is 1.96. The van der Waals surface area contributed by atoms with E-state index in [9.17, 15) is 14.4 Å². The molecule has 3 amide bonds. The van der Waals surface area contributed by atoms with E-state index in [-0.39, 0.29) is 41.2 Å². The maximum atomic E-state index is 12.9. The Morgan fingerprint density at radius 1 is 1.14 bits per heavy atom. The van der Waals surface area contributed by atoms with Crippen molar-refractivity contribution in [2.45, 2.75) is 38.0 Å². The Hall–Kier alpha value is -1.90. The molecule has 7 nitrogen and oxygen atoms in total. The number of amides is 3. The van der Waals surface area contributed by atoms with Gasteiger partial charge < -0.3 is 4.90 Å². The van der Waals surface area contributed by atoms with Crippen molar-refractivity contribution in [2.24, 2.45) is 11.8 Å². The van der Waals surface area contributed by atoms with Gasteiger partial charge in [0.05, 0.1) is 29.4 Å². The van der Waals surface area contributed by atoms with E-state index in [4.69, 9.17) is 0 Å². The quantitative estimate of drug-likeness (QED) is 0.706. The SMILES string of the molecule is CC(C)CC1NC(SCC(=O)c2ccccc2)C2C(=O)N(C)C(=O)N(C)C2N1. The molecule has 4 atom stereocenters. The number of carbonyl (C=O) groups is 3. The van der Waals surface area contributed by atoms with Gasteiger partial charge in [0.1, 0.15) is 0 Å². The highest BCUT2D eigenvalue weighted by Gasteiger charge is 2.50. The van der Waals surface area contributed by atoms with E-state index in [0.717, 1.165) is 6.42 Å². The second-order valence-corrected chi connectivity index (χ2v) is 8.93. The van der Waals surface area contributed by atoms with Gasteiger partial charge in [-0.05, 0) is 12.3 Å². The highest BCUT2D eigenvalue weighted by atomic mass is 32.2. The van der Waals surface area contributed by atoms with Gasteiger partial charge >= 0.3 is 6.03 Å². The van der Waals surface area contributed by atoms with Gasteiger partial charge in [-0.1, -0.05) is 44.2 Å². The molecule has 2 aliphatic heterocycles. The first-order valence-electron chi connectivity index (χ1n) is 9.56. The summed E-state index contributed by atoms with van der Waals surface area (Å²) in [7, 11) is 3.22. The predicted molar refractivity (Wildman–Crippen MR) is 110 cm³/mol. The van der Waals surface area contributed by atoms with Crippen molar-refractivity contribution in [2.75, 3.05) is 19.8 Å². The molecule has 0 spiro atoms. The fraction of sp³-hybridized carbons (Fsp3) is 0.550. The molecule has 0 aromatic heterocycles. The number of fused-ring (bicyclic) bond motifs is 1. The lowest BCUT2D eigenvalue weighted by Gasteiger charge is -2.50. The maximum absolute atomic E-state index is 12.9. The summed E-state index contributed by atoms with van der Waals surface area (Å²) in [5.74, 6) is 0.0732. The van der Waals surface area contributed by atoms with Gasteiger partial charge in [0.2, 0.25) is 5.91 Å². The molecular formula is C20H28N4O3S. The summed E-state index contributed by atoms with van der Waals surface area (Å²) in [6.07, 6.45) is 0.446. The minimum absolute atomic E-state index is 0.0305. The number of Topliss-reactive ketones (excluding diaryl/α,β-unsaturated/α-hetero) is 1. The molecule has 4 unspecified atom stereocenters. The second kappa shape index (κ2) is 8.63. The zero-order valence-corrected chi connectivity index (χ0v) is 17.5. The Morgan fingerprint density at radius 3 is 2.46 bits per heavy atom. The molecule has 8 heteroatoms. The molecule has 1 aromatic carbocycles. The molecule has 0 radical (unpaired) electrons. The summed E-state index contributed by atoms with van der Waals surface area (Å²) in [4.78, 5) is 40.6. The Labute approximate surface area is 170 Å². The normalized spacial score (nSPS) is 27.9. The largest absolute Gasteiger partial charge is 0.327 e. The van der Waals surface area contributed by atoms with Crippen molar-refractivity contribution < 1.29 is 14.4 Å².